The van der Waals surface area contributed by atoms with Gasteiger partial charge in [-0.15, -0.1) is 0 Å². The molecule has 0 radical (unpaired) electrons. The van der Waals surface area contributed by atoms with Crippen LogP contribution in [0.4, 0.5) is 17.2 Å². The Labute approximate surface area is 143 Å². The molecule has 3 heterocycles. The lowest BCUT2D eigenvalue weighted by atomic mass is 10.1. The Kier molecular flexibility index (Phi) is 3.59. The Bertz CT molecular complexity index is 1050. The van der Waals surface area contributed by atoms with E-state index in [2.05, 4.69) is 25.3 Å². The van der Waals surface area contributed by atoms with Crippen molar-refractivity contribution in [1.82, 2.24) is 19.9 Å². The van der Waals surface area contributed by atoms with Crippen LogP contribution in [0.3, 0.4) is 0 Å². The zero-order valence-electron chi connectivity index (χ0n) is 13.2. The predicted molar refractivity (Wildman–Crippen MR) is 99.1 cm³/mol. The number of benzene rings is 1. The third-order valence-electron chi connectivity index (χ3n) is 3.97. The first-order chi connectivity index (χ1) is 12.3. The number of rotatable bonds is 4. The van der Waals surface area contributed by atoms with Crippen molar-refractivity contribution in [1.29, 1.82) is 5.41 Å². The molecule has 4 aromatic rings. The molecule has 4 rings (SSSR count). The molecule has 1 aromatic carbocycles. The van der Waals surface area contributed by atoms with Crippen molar-refractivity contribution in [2.45, 2.75) is 0 Å². The quantitative estimate of drug-likeness (QED) is 0.338. The molecule has 0 saturated carbocycles. The van der Waals surface area contributed by atoms with E-state index in [0.717, 1.165) is 27.8 Å². The molecule has 0 aliphatic rings. The second kappa shape index (κ2) is 6.04. The third kappa shape index (κ3) is 2.67. The van der Waals surface area contributed by atoms with Crippen LogP contribution >= 0.6 is 0 Å². The molecule has 0 amide bonds. The van der Waals surface area contributed by atoms with Gasteiger partial charge in [-0.1, -0.05) is 0 Å². The van der Waals surface area contributed by atoms with Crippen molar-refractivity contribution in [3.63, 3.8) is 0 Å². The molecule has 7 heteroatoms. The highest BCUT2D eigenvalue weighted by Crippen LogP contribution is 2.33. The van der Waals surface area contributed by atoms with E-state index in [9.17, 15) is 0 Å². The second-order valence-corrected chi connectivity index (χ2v) is 5.50. The van der Waals surface area contributed by atoms with Gasteiger partial charge in [0, 0.05) is 47.3 Å². The summed E-state index contributed by atoms with van der Waals surface area (Å²) in [5.41, 5.74) is 10.6. The molecule has 0 aliphatic heterocycles. The lowest BCUT2D eigenvalue weighted by Gasteiger charge is -2.10. The van der Waals surface area contributed by atoms with Crippen LogP contribution < -0.4 is 11.1 Å². The summed E-state index contributed by atoms with van der Waals surface area (Å²) in [6.07, 6.45) is 8.15. The molecule has 3 aromatic heterocycles. The number of anilines is 3. The van der Waals surface area contributed by atoms with Crippen molar-refractivity contribution in [2.75, 3.05) is 11.1 Å². The van der Waals surface area contributed by atoms with Gasteiger partial charge in [0.15, 0.2) is 0 Å². The number of nitrogens with two attached hydrogens (primary N) is 1. The number of hydrogen-bond acceptors (Lipinski definition) is 6. The zero-order chi connectivity index (χ0) is 17.2. The molecule has 122 valence electrons. The fourth-order valence-electron chi connectivity index (χ4n) is 2.73. The monoisotopic (exact) mass is 329 g/mol. The Hall–Kier alpha value is -3.74. The molecule has 5 N–H and O–H groups in total. The SMILES string of the molecule is N=Cc1cc(Nc2ncnc3[nH]cc(-c4ccncc4)c23)ccc1N. The van der Waals surface area contributed by atoms with Gasteiger partial charge >= 0.3 is 0 Å². The average Bonchev–Trinajstić information content (AvgIpc) is 3.09. The van der Waals surface area contributed by atoms with E-state index in [4.69, 9.17) is 11.1 Å². The highest BCUT2D eigenvalue weighted by Gasteiger charge is 2.13. The summed E-state index contributed by atoms with van der Waals surface area (Å²) in [7, 11) is 0. The van der Waals surface area contributed by atoms with Crippen molar-refractivity contribution in [3.05, 3.63) is 60.8 Å². The van der Waals surface area contributed by atoms with Gasteiger partial charge in [0.25, 0.3) is 0 Å². The van der Waals surface area contributed by atoms with Crippen LogP contribution in [0.25, 0.3) is 22.2 Å². The molecule has 25 heavy (non-hydrogen) atoms. The van der Waals surface area contributed by atoms with Crippen LogP contribution in [0.2, 0.25) is 0 Å². The van der Waals surface area contributed by atoms with E-state index in [1.807, 2.05) is 30.5 Å². The molecular weight excluding hydrogens is 314 g/mol. The number of nitrogens with zero attached hydrogens (tertiary/aromatic N) is 3. The number of fused-ring (bicyclic) bond motifs is 1. The highest BCUT2D eigenvalue weighted by atomic mass is 15.0. The van der Waals surface area contributed by atoms with Gasteiger partial charge in [-0.2, -0.15) is 0 Å². The summed E-state index contributed by atoms with van der Waals surface area (Å²) in [6, 6.07) is 9.32. The predicted octanol–water partition coefficient (Wildman–Crippen LogP) is 3.34. The number of aromatic amines is 1. The largest absolute Gasteiger partial charge is 0.398 e. The topological polar surface area (TPSA) is 116 Å². The minimum Gasteiger partial charge on any atom is -0.398 e. The number of aromatic nitrogens is 4. The lowest BCUT2D eigenvalue weighted by Crippen LogP contribution is -1.98. The van der Waals surface area contributed by atoms with Crippen LogP contribution in [-0.4, -0.2) is 26.2 Å². The molecular formula is C18H15N7. The molecule has 7 nitrogen and oxygen atoms in total. The smallest absolute Gasteiger partial charge is 0.143 e. The van der Waals surface area contributed by atoms with Gasteiger partial charge in [-0.25, -0.2) is 9.97 Å². The van der Waals surface area contributed by atoms with Gasteiger partial charge in [0.2, 0.25) is 0 Å². The summed E-state index contributed by atoms with van der Waals surface area (Å²) in [5.74, 6) is 0.679. The molecule has 0 aliphatic carbocycles. The van der Waals surface area contributed by atoms with Crippen molar-refractivity contribution < 1.29 is 0 Å². The molecule has 0 spiro atoms. The van der Waals surface area contributed by atoms with E-state index < -0.39 is 0 Å². The Balaban J connectivity index is 1.82. The van der Waals surface area contributed by atoms with E-state index >= 15 is 0 Å². The number of nitrogens with one attached hydrogen (secondary N) is 3. The van der Waals surface area contributed by atoms with E-state index in [-0.39, 0.29) is 0 Å². The average molecular weight is 329 g/mol. The first-order valence-corrected chi connectivity index (χ1v) is 7.66. The summed E-state index contributed by atoms with van der Waals surface area (Å²) in [5, 5.41) is 11.6. The van der Waals surface area contributed by atoms with E-state index in [1.165, 1.54) is 12.5 Å². The van der Waals surface area contributed by atoms with Crippen molar-refractivity contribution >= 4 is 34.4 Å². The summed E-state index contributed by atoms with van der Waals surface area (Å²) in [6.45, 7) is 0. The minimum absolute atomic E-state index is 0.563. The standard InChI is InChI=1S/C18H15N7/c19-8-12-7-13(1-2-15(12)20)25-18-16-14(11-3-5-21-6-4-11)9-22-17(16)23-10-24-18/h1-10,19H,20H2,(H2,22,23,24,25). The van der Waals surface area contributed by atoms with Crippen LogP contribution in [0.1, 0.15) is 5.56 Å². The minimum atomic E-state index is 0.563. The molecule has 0 fully saturated rings. The number of nitrogen functional groups attached to an aromatic ring is 1. The lowest BCUT2D eigenvalue weighted by molar-refractivity contribution is 1.20. The fourth-order valence-corrected chi connectivity index (χ4v) is 2.73. The molecule has 0 saturated heterocycles. The number of hydrogen-bond donors (Lipinski definition) is 4. The Morgan fingerprint density at radius 3 is 2.76 bits per heavy atom. The van der Waals surface area contributed by atoms with Crippen LogP contribution in [-0.2, 0) is 0 Å². The van der Waals surface area contributed by atoms with E-state index in [0.29, 0.717) is 17.1 Å². The Morgan fingerprint density at radius 1 is 1.12 bits per heavy atom. The summed E-state index contributed by atoms with van der Waals surface area (Å²) in [4.78, 5) is 15.9. The Morgan fingerprint density at radius 2 is 1.96 bits per heavy atom. The highest BCUT2D eigenvalue weighted by molar-refractivity contribution is 6.02. The molecule has 0 atom stereocenters. The molecule has 0 bridgehead atoms. The maximum Gasteiger partial charge on any atom is 0.143 e. The van der Waals surface area contributed by atoms with E-state index in [1.54, 1.807) is 18.5 Å². The van der Waals surface area contributed by atoms with Crippen LogP contribution in [0, 0.1) is 5.41 Å². The maximum atomic E-state index is 7.44. The number of H-pyrrole nitrogens is 1. The van der Waals surface area contributed by atoms with Crippen LogP contribution in [0.5, 0.6) is 0 Å². The fraction of sp³-hybridized carbons (Fsp3) is 0. The first kappa shape index (κ1) is 14.8. The van der Waals surface area contributed by atoms with Crippen molar-refractivity contribution in [3.8, 4) is 11.1 Å². The van der Waals surface area contributed by atoms with Gasteiger partial charge < -0.3 is 21.4 Å². The second-order valence-electron chi connectivity index (χ2n) is 5.50. The summed E-state index contributed by atoms with van der Waals surface area (Å²) < 4.78 is 0. The van der Waals surface area contributed by atoms with Crippen molar-refractivity contribution in [2.24, 2.45) is 0 Å². The van der Waals surface area contributed by atoms with Gasteiger partial charge in [-0.05, 0) is 35.9 Å². The molecule has 0 unspecified atom stereocenters. The zero-order valence-corrected chi connectivity index (χ0v) is 13.2. The summed E-state index contributed by atoms with van der Waals surface area (Å²) >= 11 is 0. The maximum absolute atomic E-state index is 7.44. The van der Waals surface area contributed by atoms with Crippen LogP contribution in [0.15, 0.2) is 55.2 Å². The number of pyridine rings is 1. The third-order valence-corrected chi connectivity index (χ3v) is 3.97. The van der Waals surface area contributed by atoms with Gasteiger partial charge in [-0.3, -0.25) is 4.98 Å². The van der Waals surface area contributed by atoms with Gasteiger partial charge in [0.05, 0.1) is 5.39 Å². The normalized spacial score (nSPS) is 10.7. The first-order valence-electron chi connectivity index (χ1n) is 7.66. The van der Waals surface area contributed by atoms with Gasteiger partial charge in [0.1, 0.15) is 17.8 Å².